The lowest BCUT2D eigenvalue weighted by atomic mass is 9.99. The van der Waals surface area contributed by atoms with Crippen molar-refractivity contribution >= 4 is 0 Å². The van der Waals surface area contributed by atoms with Crippen LogP contribution < -0.4 is 5.32 Å². The highest BCUT2D eigenvalue weighted by Crippen LogP contribution is 2.27. The summed E-state index contributed by atoms with van der Waals surface area (Å²) in [4.78, 5) is 0. The molecule has 1 atom stereocenters. The second kappa shape index (κ2) is 4.94. The Morgan fingerprint density at radius 1 is 1.22 bits per heavy atom. The summed E-state index contributed by atoms with van der Waals surface area (Å²) in [5.41, 5.74) is 3.74. The van der Waals surface area contributed by atoms with Crippen LogP contribution in [-0.4, -0.2) is 16.3 Å². The quantitative estimate of drug-likeness (QED) is 0.876. The third-order valence-corrected chi connectivity index (χ3v) is 3.64. The van der Waals surface area contributed by atoms with E-state index < -0.39 is 0 Å². The molecule has 94 valence electrons. The van der Waals surface area contributed by atoms with E-state index in [0.29, 0.717) is 6.04 Å². The lowest BCUT2D eigenvalue weighted by molar-refractivity contribution is 0.397. The maximum absolute atomic E-state index is 4.54. The van der Waals surface area contributed by atoms with Crippen molar-refractivity contribution in [1.29, 1.82) is 0 Å². The number of piperidine rings is 1. The van der Waals surface area contributed by atoms with Crippen LogP contribution in [0.5, 0.6) is 0 Å². The Bertz CT molecular complexity index is 510. The summed E-state index contributed by atoms with van der Waals surface area (Å²) >= 11 is 0. The predicted octanol–water partition coefficient (Wildman–Crippen LogP) is 3.00. The summed E-state index contributed by atoms with van der Waals surface area (Å²) in [6.07, 6.45) is 5.77. The van der Waals surface area contributed by atoms with E-state index >= 15 is 0 Å². The summed E-state index contributed by atoms with van der Waals surface area (Å²) in [6, 6.07) is 10.8. The average molecular weight is 241 g/mol. The first-order chi connectivity index (χ1) is 8.86. The van der Waals surface area contributed by atoms with E-state index in [0.717, 1.165) is 12.2 Å². The first-order valence-corrected chi connectivity index (χ1v) is 6.69. The van der Waals surface area contributed by atoms with Crippen LogP contribution in [0.25, 0.3) is 5.69 Å². The second-order valence-electron chi connectivity index (χ2n) is 4.96. The Balaban J connectivity index is 2.01. The number of para-hydroxylation sites is 1. The van der Waals surface area contributed by atoms with Crippen molar-refractivity contribution in [1.82, 2.24) is 15.1 Å². The maximum Gasteiger partial charge on any atom is 0.0649 e. The van der Waals surface area contributed by atoms with Gasteiger partial charge < -0.3 is 5.32 Å². The molecule has 3 rings (SSSR count). The lowest BCUT2D eigenvalue weighted by Crippen LogP contribution is -2.29. The number of rotatable bonds is 2. The summed E-state index contributed by atoms with van der Waals surface area (Å²) in [5, 5.41) is 8.15. The van der Waals surface area contributed by atoms with Gasteiger partial charge in [0.1, 0.15) is 0 Å². The van der Waals surface area contributed by atoms with Gasteiger partial charge in [-0.05, 0) is 44.0 Å². The zero-order valence-corrected chi connectivity index (χ0v) is 10.8. The van der Waals surface area contributed by atoms with Crippen molar-refractivity contribution < 1.29 is 0 Å². The maximum atomic E-state index is 4.54. The second-order valence-corrected chi connectivity index (χ2v) is 4.96. The fraction of sp³-hybridized carbons (Fsp3) is 0.400. The highest BCUT2D eigenvalue weighted by atomic mass is 15.3. The Labute approximate surface area is 108 Å². The van der Waals surface area contributed by atoms with Gasteiger partial charge in [0.15, 0.2) is 0 Å². The van der Waals surface area contributed by atoms with Gasteiger partial charge in [-0.25, -0.2) is 4.68 Å². The fourth-order valence-corrected chi connectivity index (χ4v) is 2.72. The fourth-order valence-electron chi connectivity index (χ4n) is 2.72. The molecule has 2 aromatic rings. The largest absolute Gasteiger partial charge is 0.309 e. The van der Waals surface area contributed by atoms with Crippen molar-refractivity contribution in [3.63, 3.8) is 0 Å². The summed E-state index contributed by atoms with van der Waals surface area (Å²) in [5.74, 6) is 0. The van der Waals surface area contributed by atoms with Crippen molar-refractivity contribution in [3.05, 3.63) is 47.8 Å². The molecule has 0 radical (unpaired) electrons. The van der Waals surface area contributed by atoms with E-state index in [1.165, 1.54) is 30.5 Å². The number of aromatic nitrogens is 2. The van der Waals surface area contributed by atoms with Gasteiger partial charge in [-0.1, -0.05) is 24.6 Å². The highest BCUT2D eigenvalue weighted by molar-refractivity contribution is 5.35. The van der Waals surface area contributed by atoms with Crippen LogP contribution in [0.3, 0.4) is 0 Å². The van der Waals surface area contributed by atoms with Crippen LogP contribution >= 0.6 is 0 Å². The summed E-state index contributed by atoms with van der Waals surface area (Å²) < 4.78 is 2.08. The third kappa shape index (κ3) is 2.06. The van der Waals surface area contributed by atoms with Gasteiger partial charge in [0, 0.05) is 6.04 Å². The van der Waals surface area contributed by atoms with Crippen molar-refractivity contribution in [2.75, 3.05) is 6.54 Å². The minimum absolute atomic E-state index is 0.446. The molecule has 1 aliphatic heterocycles. The first-order valence-electron chi connectivity index (χ1n) is 6.69. The van der Waals surface area contributed by atoms with Gasteiger partial charge in [0.2, 0.25) is 0 Å². The number of nitrogens with one attached hydrogen (secondary N) is 1. The molecule has 0 aliphatic carbocycles. The van der Waals surface area contributed by atoms with E-state index in [-0.39, 0.29) is 0 Å². The molecule has 1 N–H and O–H groups in total. The monoisotopic (exact) mass is 241 g/mol. The normalized spacial score (nSPS) is 19.9. The van der Waals surface area contributed by atoms with Crippen LogP contribution in [0, 0.1) is 6.92 Å². The predicted molar refractivity (Wildman–Crippen MR) is 72.9 cm³/mol. The SMILES string of the molecule is Cc1cnn(-c2ccccc2)c1C1CCCCN1. The smallest absolute Gasteiger partial charge is 0.0649 e. The standard InChI is InChI=1S/C15H19N3/c1-12-11-17-18(13-7-3-2-4-8-13)15(12)14-9-5-6-10-16-14/h2-4,7-8,11,14,16H,5-6,9-10H2,1H3. The Morgan fingerprint density at radius 3 is 2.78 bits per heavy atom. The summed E-state index contributed by atoms with van der Waals surface area (Å²) in [6.45, 7) is 3.27. The number of aryl methyl sites for hydroxylation is 1. The molecule has 1 unspecified atom stereocenters. The number of benzene rings is 1. The van der Waals surface area contributed by atoms with Crippen LogP contribution in [0.2, 0.25) is 0 Å². The van der Waals surface area contributed by atoms with Gasteiger partial charge in [-0.3, -0.25) is 0 Å². The van der Waals surface area contributed by atoms with Gasteiger partial charge in [0.05, 0.1) is 17.6 Å². The molecule has 2 heterocycles. The molecule has 1 aliphatic rings. The number of hydrogen-bond acceptors (Lipinski definition) is 2. The van der Waals surface area contributed by atoms with E-state index in [1.54, 1.807) is 0 Å². The minimum Gasteiger partial charge on any atom is -0.309 e. The molecular formula is C15H19N3. The third-order valence-electron chi connectivity index (χ3n) is 3.64. The van der Waals surface area contributed by atoms with Crippen LogP contribution in [0.4, 0.5) is 0 Å². The topological polar surface area (TPSA) is 29.9 Å². The van der Waals surface area contributed by atoms with E-state index in [9.17, 15) is 0 Å². The molecule has 0 saturated carbocycles. The summed E-state index contributed by atoms with van der Waals surface area (Å²) in [7, 11) is 0. The number of hydrogen-bond donors (Lipinski definition) is 1. The first kappa shape index (κ1) is 11.5. The molecule has 0 amide bonds. The highest BCUT2D eigenvalue weighted by Gasteiger charge is 2.21. The van der Waals surface area contributed by atoms with Crippen molar-refractivity contribution in [2.24, 2.45) is 0 Å². The molecule has 0 spiro atoms. The molecule has 1 saturated heterocycles. The zero-order chi connectivity index (χ0) is 12.4. The molecule has 1 fully saturated rings. The number of nitrogens with zero attached hydrogens (tertiary/aromatic N) is 2. The molecule has 1 aromatic carbocycles. The average Bonchev–Trinajstić information content (AvgIpc) is 2.83. The molecule has 1 aromatic heterocycles. The Kier molecular flexibility index (Phi) is 3.15. The van der Waals surface area contributed by atoms with Crippen LogP contribution in [0.15, 0.2) is 36.5 Å². The molecular weight excluding hydrogens is 222 g/mol. The van der Waals surface area contributed by atoms with E-state index in [4.69, 9.17) is 0 Å². The Morgan fingerprint density at radius 2 is 2.06 bits per heavy atom. The van der Waals surface area contributed by atoms with Gasteiger partial charge >= 0.3 is 0 Å². The molecule has 18 heavy (non-hydrogen) atoms. The Hall–Kier alpha value is -1.61. The van der Waals surface area contributed by atoms with Crippen LogP contribution in [-0.2, 0) is 0 Å². The molecule has 0 bridgehead atoms. The van der Waals surface area contributed by atoms with Crippen molar-refractivity contribution in [3.8, 4) is 5.69 Å². The molecule has 3 heteroatoms. The van der Waals surface area contributed by atoms with E-state index in [2.05, 4.69) is 46.3 Å². The van der Waals surface area contributed by atoms with Gasteiger partial charge in [0.25, 0.3) is 0 Å². The van der Waals surface area contributed by atoms with E-state index in [1.807, 2.05) is 12.3 Å². The van der Waals surface area contributed by atoms with Gasteiger partial charge in [-0.2, -0.15) is 5.10 Å². The lowest BCUT2D eigenvalue weighted by Gasteiger charge is -2.25. The molecule has 3 nitrogen and oxygen atoms in total. The van der Waals surface area contributed by atoms with Crippen LogP contribution in [0.1, 0.15) is 36.6 Å². The van der Waals surface area contributed by atoms with Gasteiger partial charge in [-0.15, -0.1) is 0 Å². The zero-order valence-electron chi connectivity index (χ0n) is 10.8. The minimum atomic E-state index is 0.446. The van der Waals surface area contributed by atoms with Crippen molar-refractivity contribution in [2.45, 2.75) is 32.2 Å².